The molecule has 0 radical (unpaired) electrons. The molecule has 5 fully saturated rings. The first-order valence-electron chi connectivity index (χ1n) is 14.9. The first-order valence-corrected chi connectivity index (χ1v) is 16.8. The Balaban J connectivity index is 1.11. The Morgan fingerprint density at radius 1 is 0.897 bits per heavy atom. The van der Waals surface area contributed by atoms with Gasteiger partial charge in [-0.25, -0.2) is 8.42 Å². The summed E-state index contributed by atoms with van der Waals surface area (Å²) < 4.78 is 26.8. The van der Waals surface area contributed by atoms with Gasteiger partial charge in [0.05, 0.1) is 11.9 Å². The van der Waals surface area contributed by atoms with E-state index in [9.17, 15) is 13.2 Å². The molecule has 1 aliphatic heterocycles. The highest BCUT2D eigenvalue weighted by molar-refractivity contribution is 7.92. The largest absolute Gasteiger partial charge is 0.350 e. The summed E-state index contributed by atoms with van der Waals surface area (Å²) in [5, 5.41) is 2.99. The lowest BCUT2D eigenvalue weighted by Gasteiger charge is -2.57. The van der Waals surface area contributed by atoms with Gasteiger partial charge in [-0.15, -0.1) is 0 Å². The van der Waals surface area contributed by atoms with E-state index in [1.165, 1.54) is 79.5 Å². The SMILES string of the molecule is CS(=O)(=O)N(CC(=O)NCc1ccccc1CN1CCCCC1)c1ccc(C23CC4CC(CC(C4)C2)C3)cc1. The first kappa shape index (κ1) is 26.8. The number of hydrogen-bond acceptors (Lipinski definition) is 4. The Bertz CT molecular complexity index is 1250. The summed E-state index contributed by atoms with van der Waals surface area (Å²) in [6, 6.07) is 16.3. The van der Waals surface area contributed by atoms with Crippen molar-refractivity contribution in [1.29, 1.82) is 0 Å². The standard InChI is InChI=1S/C32H43N3O3S/c1-39(37,38)35(23-31(36)33-21-27-7-3-4-8-28(27)22-34-13-5-2-6-14-34)30-11-9-29(10-12-30)32-18-24-15-25(19-32)17-26(16-24)20-32/h3-4,7-12,24-26H,2,5-6,13-23H2,1H3,(H,33,36). The summed E-state index contributed by atoms with van der Waals surface area (Å²) in [4.78, 5) is 15.5. The van der Waals surface area contributed by atoms with Gasteiger partial charge in [0.15, 0.2) is 0 Å². The van der Waals surface area contributed by atoms with Crippen molar-refractivity contribution in [3.63, 3.8) is 0 Å². The van der Waals surface area contributed by atoms with Gasteiger partial charge < -0.3 is 5.32 Å². The quantitative estimate of drug-likeness (QED) is 0.466. The van der Waals surface area contributed by atoms with Crippen LogP contribution in [-0.4, -0.2) is 45.1 Å². The number of rotatable bonds is 9. The molecule has 7 heteroatoms. The van der Waals surface area contributed by atoms with E-state index in [1.807, 2.05) is 24.3 Å². The van der Waals surface area contributed by atoms with Gasteiger partial charge in [0.25, 0.3) is 0 Å². The minimum Gasteiger partial charge on any atom is -0.350 e. The van der Waals surface area contributed by atoms with Crippen LogP contribution in [0.15, 0.2) is 48.5 Å². The Kier molecular flexibility index (Phi) is 7.49. The zero-order valence-corrected chi connectivity index (χ0v) is 24.1. The van der Waals surface area contributed by atoms with Gasteiger partial charge in [-0.2, -0.15) is 0 Å². The van der Waals surface area contributed by atoms with Gasteiger partial charge in [0.1, 0.15) is 6.54 Å². The van der Waals surface area contributed by atoms with Gasteiger partial charge in [-0.1, -0.05) is 42.8 Å². The summed E-state index contributed by atoms with van der Waals surface area (Å²) in [7, 11) is -3.62. The van der Waals surface area contributed by atoms with Crippen LogP contribution in [0.1, 0.15) is 74.5 Å². The molecule has 39 heavy (non-hydrogen) atoms. The molecule has 4 aliphatic carbocycles. The molecule has 1 amide bonds. The normalized spacial score (nSPS) is 28.4. The molecule has 2 aromatic carbocycles. The summed E-state index contributed by atoms with van der Waals surface area (Å²) >= 11 is 0. The Morgan fingerprint density at radius 3 is 2.08 bits per heavy atom. The number of anilines is 1. The molecular formula is C32H43N3O3S. The van der Waals surface area contributed by atoms with Crippen LogP contribution >= 0.6 is 0 Å². The number of carbonyl (C=O) groups is 1. The number of nitrogens with one attached hydrogen (secondary N) is 1. The van der Waals surface area contributed by atoms with Gasteiger partial charge in [-0.3, -0.25) is 14.0 Å². The van der Waals surface area contributed by atoms with Gasteiger partial charge in [-0.05, 0) is 116 Å². The number of piperidine rings is 1. The molecular weight excluding hydrogens is 506 g/mol. The van der Waals surface area contributed by atoms with Crippen molar-refractivity contribution in [2.45, 2.75) is 76.3 Å². The average molecular weight is 550 g/mol. The van der Waals surface area contributed by atoms with Crippen LogP contribution in [0.25, 0.3) is 0 Å². The minimum atomic E-state index is -3.62. The number of likely N-dealkylation sites (tertiary alicyclic amines) is 1. The second kappa shape index (κ2) is 10.9. The molecule has 1 N–H and O–H groups in total. The van der Waals surface area contributed by atoms with Crippen LogP contribution < -0.4 is 9.62 Å². The van der Waals surface area contributed by atoms with Crippen LogP contribution in [-0.2, 0) is 33.3 Å². The number of sulfonamides is 1. The monoisotopic (exact) mass is 549 g/mol. The molecule has 6 nitrogen and oxygen atoms in total. The van der Waals surface area contributed by atoms with E-state index in [1.54, 1.807) is 0 Å². The smallest absolute Gasteiger partial charge is 0.241 e. The minimum absolute atomic E-state index is 0.218. The fraction of sp³-hybridized carbons (Fsp3) is 0.594. The lowest BCUT2D eigenvalue weighted by molar-refractivity contribution is -0.119. The van der Waals surface area contributed by atoms with Crippen LogP contribution in [0.5, 0.6) is 0 Å². The van der Waals surface area contributed by atoms with E-state index < -0.39 is 10.0 Å². The Morgan fingerprint density at radius 2 is 1.49 bits per heavy atom. The second-order valence-electron chi connectivity index (χ2n) is 12.9. The van der Waals surface area contributed by atoms with E-state index in [-0.39, 0.29) is 17.9 Å². The molecule has 1 heterocycles. The average Bonchev–Trinajstić information content (AvgIpc) is 2.91. The molecule has 4 saturated carbocycles. The van der Waals surface area contributed by atoms with E-state index in [4.69, 9.17) is 0 Å². The third-order valence-electron chi connectivity index (χ3n) is 9.93. The summed E-state index contributed by atoms with van der Waals surface area (Å²) in [5.74, 6) is 2.28. The van der Waals surface area contributed by atoms with Crippen molar-refractivity contribution in [2.24, 2.45) is 17.8 Å². The van der Waals surface area contributed by atoms with Crippen LogP contribution in [0.2, 0.25) is 0 Å². The summed E-state index contributed by atoms with van der Waals surface area (Å²) in [5.41, 5.74) is 4.49. The fourth-order valence-corrected chi connectivity index (χ4v) is 9.32. The van der Waals surface area contributed by atoms with Crippen molar-refractivity contribution < 1.29 is 13.2 Å². The van der Waals surface area contributed by atoms with E-state index in [2.05, 4.69) is 34.5 Å². The van der Waals surface area contributed by atoms with Crippen LogP contribution in [0, 0.1) is 17.8 Å². The van der Waals surface area contributed by atoms with Crippen molar-refractivity contribution >= 4 is 21.6 Å². The lowest BCUT2D eigenvalue weighted by atomic mass is 9.48. The maximum absolute atomic E-state index is 13.0. The number of amides is 1. The highest BCUT2D eigenvalue weighted by atomic mass is 32.2. The first-order chi connectivity index (χ1) is 18.8. The molecule has 5 aliphatic rings. The number of nitrogens with zero attached hydrogens (tertiary/aromatic N) is 2. The van der Waals surface area contributed by atoms with Crippen LogP contribution in [0.3, 0.4) is 0 Å². The molecule has 0 aromatic heterocycles. The lowest BCUT2D eigenvalue weighted by Crippen LogP contribution is -2.48. The fourth-order valence-electron chi connectivity index (χ4n) is 8.47. The molecule has 7 rings (SSSR count). The zero-order chi connectivity index (χ0) is 27.0. The molecule has 2 aromatic rings. The highest BCUT2D eigenvalue weighted by Gasteiger charge is 2.51. The summed E-state index contributed by atoms with van der Waals surface area (Å²) in [6.45, 7) is 3.30. The zero-order valence-electron chi connectivity index (χ0n) is 23.3. The third kappa shape index (κ3) is 5.90. The molecule has 1 saturated heterocycles. The maximum Gasteiger partial charge on any atom is 0.241 e. The van der Waals surface area contributed by atoms with E-state index in [0.29, 0.717) is 12.2 Å². The predicted molar refractivity (Wildman–Crippen MR) is 156 cm³/mol. The summed E-state index contributed by atoms with van der Waals surface area (Å²) in [6.07, 6.45) is 13.0. The van der Waals surface area contributed by atoms with Crippen molar-refractivity contribution in [3.8, 4) is 0 Å². The molecule has 4 bridgehead atoms. The highest BCUT2D eigenvalue weighted by Crippen LogP contribution is 2.60. The molecule has 0 atom stereocenters. The van der Waals surface area contributed by atoms with Crippen molar-refractivity contribution in [3.05, 3.63) is 65.2 Å². The topological polar surface area (TPSA) is 69.7 Å². The molecule has 210 valence electrons. The maximum atomic E-state index is 13.0. The van der Waals surface area contributed by atoms with Gasteiger partial charge >= 0.3 is 0 Å². The van der Waals surface area contributed by atoms with Crippen molar-refractivity contribution in [2.75, 3.05) is 30.2 Å². The van der Waals surface area contributed by atoms with E-state index >= 15 is 0 Å². The van der Waals surface area contributed by atoms with E-state index in [0.717, 1.165) is 43.0 Å². The number of hydrogen-bond donors (Lipinski definition) is 1. The third-order valence-corrected chi connectivity index (χ3v) is 11.1. The number of carbonyl (C=O) groups excluding carboxylic acids is 1. The van der Waals surface area contributed by atoms with Gasteiger partial charge in [0.2, 0.25) is 15.9 Å². The molecule has 0 unspecified atom stereocenters. The van der Waals surface area contributed by atoms with Crippen LogP contribution in [0.4, 0.5) is 5.69 Å². The number of benzene rings is 2. The second-order valence-corrected chi connectivity index (χ2v) is 14.8. The molecule has 0 spiro atoms. The Labute approximate surface area is 234 Å². The van der Waals surface area contributed by atoms with Crippen molar-refractivity contribution in [1.82, 2.24) is 10.2 Å². The predicted octanol–water partition coefficient (Wildman–Crippen LogP) is 5.22. The Hall–Kier alpha value is -2.38. The van der Waals surface area contributed by atoms with Gasteiger partial charge in [0, 0.05) is 13.1 Å².